The summed E-state index contributed by atoms with van der Waals surface area (Å²) in [7, 11) is 1.79. The maximum absolute atomic E-state index is 9.08. The second-order valence-corrected chi connectivity index (χ2v) is 3.67. The number of nitriles is 2. The Morgan fingerprint density at radius 2 is 1.67 bits per heavy atom. The van der Waals surface area contributed by atoms with Gasteiger partial charge in [-0.2, -0.15) is 10.5 Å². The molecule has 0 radical (unpaired) electrons. The van der Waals surface area contributed by atoms with Crippen LogP contribution >= 0.6 is 0 Å². The Morgan fingerprint density at radius 1 is 1.00 bits per heavy atom. The zero-order valence-electron chi connectivity index (χ0n) is 9.83. The van der Waals surface area contributed by atoms with Crippen molar-refractivity contribution in [1.82, 2.24) is 4.98 Å². The fraction of sp³-hybridized carbons (Fsp3) is 0.0714. The monoisotopic (exact) mass is 234 g/mol. The summed E-state index contributed by atoms with van der Waals surface area (Å²) in [5.41, 5.74) is 1.76. The Morgan fingerprint density at radius 3 is 2.39 bits per heavy atom. The van der Waals surface area contributed by atoms with Crippen molar-refractivity contribution in [3.8, 4) is 12.1 Å². The van der Waals surface area contributed by atoms with Crippen LogP contribution in [-0.4, -0.2) is 12.0 Å². The third kappa shape index (κ3) is 2.00. The van der Waals surface area contributed by atoms with Crippen LogP contribution < -0.4 is 4.90 Å². The first kappa shape index (κ1) is 11.6. The molecular formula is C14H10N4. The summed E-state index contributed by atoms with van der Waals surface area (Å²) in [6.45, 7) is 0. The van der Waals surface area contributed by atoms with E-state index in [1.54, 1.807) is 42.4 Å². The van der Waals surface area contributed by atoms with Crippen LogP contribution in [0.2, 0.25) is 0 Å². The number of anilines is 2. The van der Waals surface area contributed by atoms with Crippen molar-refractivity contribution in [3.63, 3.8) is 0 Å². The smallest absolute Gasteiger partial charge is 0.150 e. The second-order valence-electron chi connectivity index (χ2n) is 3.67. The molecular weight excluding hydrogens is 224 g/mol. The Kier molecular flexibility index (Phi) is 3.22. The molecule has 86 valence electrons. The molecule has 0 aliphatic rings. The van der Waals surface area contributed by atoms with Crippen LogP contribution in [0.4, 0.5) is 11.5 Å². The van der Waals surface area contributed by atoms with Gasteiger partial charge in [0.05, 0.1) is 16.8 Å². The Bertz CT molecular complexity index is 592. The van der Waals surface area contributed by atoms with Crippen molar-refractivity contribution in [2.45, 2.75) is 0 Å². The lowest BCUT2D eigenvalue weighted by Gasteiger charge is -2.20. The fourth-order valence-corrected chi connectivity index (χ4v) is 1.73. The summed E-state index contributed by atoms with van der Waals surface area (Å²) in [6, 6.07) is 14.9. The quantitative estimate of drug-likeness (QED) is 0.801. The van der Waals surface area contributed by atoms with E-state index in [4.69, 9.17) is 10.5 Å². The van der Waals surface area contributed by atoms with Crippen molar-refractivity contribution in [3.05, 3.63) is 53.7 Å². The van der Waals surface area contributed by atoms with Gasteiger partial charge >= 0.3 is 0 Å². The Balaban J connectivity index is 2.53. The van der Waals surface area contributed by atoms with E-state index in [0.29, 0.717) is 16.9 Å². The number of hydrogen-bond donors (Lipinski definition) is 0. The third-order valence-electron chi connectivity index (χ3n) is 2.61. The molecule has 0 saturated heterocycles. The summed E-state index contributed by atoms with van der Waals surface area (Å²) >= 11 is 0. The van der Waals surface area contributed by atoms with E-state index in [0.717, 1.165) is 5.69 Å². The SMILES string of the molecule is CN(c1ccccc1C#N)c1ncccc1C#N. The molecule has 1 aromatic carbocycles. The number of nitrogens with zero attached hydrogens (tertiary/aromatic N) is 4. The Labute approximate surface area is 105 Å². The average molecular weight is 234 g/mol. The van der Waals surface area contributed by atoms with Crippen molar-refractivity contribution in [1.29, 1.82) is 10.5 Å². The molecule has 0 fully saturated rings. The van der Waals surface area contributed by atoms with Gasteiger partial charge in [-0.3, -0.25) is 0 Å². The highest BCUT2D eigenvalue weighted by Gasteiger charge is 2.12. The molecule has 2 rings (SSSR count). The van der Waals surface area contributed by atoms with Crippen LogP contribution in [0.5, 0.6) is 0 Å². The summed E-state index contributed by atoms with van der Waals surface area (Å²) in [5, 5.41) is 18.1. The van der Waals surface area contributed by atoms with E-state index in [1.165, 1.54) is 0 Å². The van der Waals surface area contributed by atoms with Gasteiger partial charge < -0.3 is 4.90 Å². The van der Waals surface area contributed by atoms with Gasteiger partial charge in [-0.25, -0.2) is 4.98 Å². The molecule has 4 heteroatoms. The molecule has 18 heavy (non-hydrogen) atoms. The highest BCUT2D eigenvalue weighted by Crippen LogP contribution is 2.26. The lowest BCUT2D eigenvalue weighted by Crippen LogP contribution is -2.14. The van der Waals surface area contributed by atoms with Gasteiger partial charge in [0.25, 0.3) is 0 Å². The fourth-order valence-electron chi connectivity index (χ4n) is 1.73. The third-order valence-corrected chi connectivity index (χ3v) is 2.61. The van der Waals surface area contributed by atoms with E-state index < -0.39 is 0 Å². The maximum Gasteiger partial charge on any atom is 0.150 e. The zero-order chi connectivity index (χ0) is 13.0. The van der Waals surface area contributed by atoms with Crippen molar-refractivity contribution in [2.24, 2.45) is 0 Å². The Hall–Kier alpha value is -2.85. The molecule has 0 unspecified atom stereocenters. The highest BCUT2D eigenvalue weighted by atomic mass is 15.2. The normalized spacial score (nSPS) is 9.28. The van der Waals surface area contributed by atoms with Crippen molar-refractivity contribution >= 4 is 11.5 Å². The number of hydrogen-bond acceptors (Lipinski definition) is 4. The lowest BCUT2D eigenvalue weighted by molar-refractivity contribution is 1.11. The summed E-state index contributed by atoms with van der Waals surface area (Å²) in [5.74, 6) is 0.544. The second kappa shape index (κ2) is 4.99. The topological polar surface area (TPSA) is 63.7 Å². The van der Waals surface area contributed by atoms with Crippen LogP contribution in [0.3, 0.4) is 0 Å². The first-order chi connectivity index (χ1) is 8.77. The van der Waals surface area contributed by atoms with Gasteiger partial charge in [0, 0.05) is 13.2 Å². The predicted octanol–water partition coefficient (Wildman–Crippen LogP) is 2.59. The van der Waals surface area contributed by atoms with E-state index in [9.17, 15) is 0 Å². The molecule has 2 aromatic rings. The first-order valence-corrected chi connectivity index (χ1v) is 5.36. The van der Waals surface area contributed by atoms with Gasteiger partial charge in [0.2, 0.25) is 0 Å². The molecule has 1 aromatic heterocycles. The molecule has 0 saturated carbocycles. The average Bonchev–Trinajstić information content (AvgIpc) is 2.46. The van der Waals surface area contributed by atoms with Gasteiger partial charge in [-0.05, 0) is 24.3 Å². The molecule has 0 spiro atoms. The van der Waals surface area contributed by atoms with Gasteiger partial charge in [0.15, 0.2) is 5.82 Å². The van der Waals surface area contributed by atoms with E-state index in [2.05, 4.69) is 17.1 Å². The van der Waals surface area contributed by atoms with E-state index in [-0.39, 0.29) is 0 Å². The number of benzene rings is 1. The van der Waals surface area contributed by atoms with E-state index >= 15 is 0 Å². The van der Waals surface area contributed by atoms with Crippen molar-refractivity contribution in [2.75, 3.05) is 11.9 Å². The van der Waals surface area contributed by atoms with Crippen LogP contribution in [-0.2, 0) is 0 Å². The minimum Gasteiger partial charge on any atom is -0.327 e. The molecule has 0 aliphatic carbocycles. The molecule has 0 atom stereocenters. The van der Waals surface area contributed by atoms with Crippen LogP contribution in [0, 0.1) is 22.7 Å². The van der Waals surface area contributed by atoms with Crippen LogP contribution in [0.1, 0.15) is 11.1 Å². The highest BCUT2D eigenvalue weighted by molar-refractivity contribution is 5.69. The molecule has 4 nitrogen and oxygen atoms in total. The standard InChI is InChI=1S/C14H10N4/c1-18(13-7-3-2-5-11(13)9-15)14-12(10-16)6-4-8-17-14/h2-8H,1H3. The lowest BCUT2D eigenvalue weighted by atomic mass is 10.1. The summed E-state index contributed by atoms with van der Waals surface area (Å²) in [4.78, 5) is 5.94. The largest absolute Gasteiger partial charge is 0.327 e. The van der Waals surface area contributed by atoms with Gasteiger partial charge in [-0.1, -0.05) is 12.1 Å². The molecule has 1 heterocycles. The van der Waals surface area contributed by atoms with Crippen molar-refractivity contribution < 1.29 is 0 Å². The summed E-state index contributed by atoms with van der Waals surface area (Å²) in [6.07, 6.45) is 1.63. The maximum atomic E-state index is 9.08. The van der Waals surface area contributed by atoms with Crippen LogP contribution in [0.25, 0.3) is 0 Å². The summed E-state index contributed by atoms with van der Waals surface area (Å²) < 4.78 is 0. The minimum absolute atomic E-state index is 0.479. The number of pyridine rings is 1. The van der Waals surface area contributed by atoms with Gasteiger partial charge in [-0.15, -0.1) is 0 Å². The van der Waals surface area contributed by atoms with Gasteiger partial charge in [0.1, 0.15) is 12.1 Å². The number of aromatic nitrogens is 1. The van der Waals surface area contributed by atoms with E-state index in [1.807, 2.05) is 12.1 Å². The van der Waals surface area contributed by atoms with Crippen LogP contribution in [0.15, 0.2) is 42.6 Å². The molecule has 0 aliphatic heterocycles. The predicted molar refractivity (Wildman–Crippen MR) is 68.2 cm³/mol. The molecule has 0 bridgehead atoms. The molecule has 0 N–H and O–H groups in total. The number of rotatable bonds is 2. The molecule has 0 amide bonds. The minimum atomic E-state index is 0.479. The number of para-hydroxylation sites is 1. The first-order valence-electron chi connectivity index (χ1n) is 5.36. The zero-order valence-corrected chi connectivity index (χ0v) is 9.83.